The highest BCUT2D eigenvalue weighted by Crippen LogP contribution is 2.22. The van der Waals surface area contributed by atoms with Gasteiger partial charge in [-0.15, -0.1) is 0 Å². The Kier molecular flexibility index (Phi) is 4.09. The van der Waals surface area contributed by atoms with Gasteiger partial charge in [-0.05, 0) is 24.5 Å². The molecule has 0 aliphatic carbocycles. The maximum absolute atomic E-state index is 12.0. The molecule has 2 rings (SSSR count). The summed E-state index contributed by atoms with van der Waals surface area (Å²) in [6.45, 7) is 3.03. The Bertz CT molecular complexity index is 439. The molecule has 0 radical (unpaired) electrons. The molecule has 0 saturated carbocycles. The van der Waals surface area contributed by atoms with Crippen molar-refractivity contribution >= 4 is 23.3 Å². The number of urea groups is 1. The van der Waals surface area contributed by atoms with Crippen molar-refractivity contribution in [3.63, 3.8) is 0 Å². The van der Waals surface area contributed by atoms with E-state index in [1.165, 1.54) is 0 Å². The van der Waals surface area contributed by atoms with Crippen LogP contribution < -0.4 is 5.32 Å². The van der Waals surface area contributed by atoms with Gasteiger partial charge < -0.3 is 15.3 Å². The number of aliphatic hydroxyl groups is 1. The van der Waals surface area contributed by atoms with Crippen molar-refractivity contribution in [1.82, 2.24) is 4.90 Å². The lowest BCUT2D eigenvalue weighted by atomic mass is 9.96. The number of hydrogen-bond acceptors (Lipinski definition) is 2. The molecule has 0 bridgehead atoms. The molecule has 1 fully saturated rings. The van der Waals surface area contributed by atoms with Crippen molar-refractivity contribution in [2.75, 3.05) is 18.4 Å². The molecule has 1 saturated heterocycles. The van der Waals surface area contributed by atoms with E-state index in [0.29, 0.717) is 23.8 Å². The highest BCUT2D eigenvalue weighted by molar-refractivity contribution is 6.33. The first-order valence-corrected chi connectivity index (χ1v) is 6.44. The van der Waals surface area contributed by atoms with E-state index < -0.39 is 6.10 Å². The molecule has 0 aromatic heterocycles. The smallest absolute Gasteiger partial charge is 0.321 e. The van der Waals surface area contributed by atoms with Gasteiger partial charge in [0.05, 0.1) is 16.8 Å². The lowest BCUT2D eigenvalue weighted by Crippen LogP contribution is -2.47. The Morgan fingerprint density at radius 1 is 1.50 bits per heavy atom. The number of benzene rings is 1. The molecule has 0 spiro atoms. The van der Waals surface area contributed by atoms with Crippen LogP contribution in [0.15, 0.2) is 24.3 Å². The molecule has 1 aliphatic heterocycles. The van der Waals surface area contributed by atoms with E-state index in [4.69, 9.17) is 11.6 Å². The number of amides is 2. The molecule has 2 unspecified atom stereocenters. The van der Waals surface area contributed by atoms with Gasteiger partial charge in [-0.25, -0.2) is 4.79 Å². The van der Waals surface area contributed by atoms with Crippen molar-refractivity contribution in [1.29, 1.82) is 0 Å². The third kappa shape index (κ3) is 2.94. The van der Waals surface area contributed by atoms with Gasteiger partial charge in [0, 0.05) is 13.1 Å². The zero-order valence-electron chi connectivity index (χ0n) is 10.3. The van der Waals surface area contributed by atoms with E-state index in [9.17, 15) is 9.90 Å². The third-order valence-electron chi connectivity index (χ3n) is 3.32. The van der Waals surface area contributed by atoms with Gasteiger partial charge in [-0.2, -0.15) is 0 Å². The monoisotopic (exact) mass is 268 g/mol. The first kappa shape index (κ1) is 13.2. The number of carbonyl (C=O) groups is 1. The van der Waals surface area contributed by atoms with Gasteiger partial charge in [0.2, 0.25) is 0 Å². The highest BCUT2D eigenvalue weighted by atomic mass is 35.5. The second-order valence-electron chi connectivity index (χ2n) is 4.69. The van der Waals surface area contributed by atoms with E-state index in [2.05, 4.69) is 5.32 Å². The largest absolute Gasteiger partial charge is 0.391 e. The molecule has 1 heterocycles. The molecule has 18 heavy (non-hydrogen) atoms. The first-order valence-electron chi connectivity index (χ1n) is 6.06. The quantitative estimate of drug-likeness (QED) is 0.823. The fourth-order valence-electron chi connectivity index (χ4n) is 1.99. The summed E-state index contributed by atoms with van der Waals surface area (Å²) < 4.78 is 0. The Morgan fingerprint density at radius 2 is 2.22 bits per heavy atom. The number of piperidine rings is 1. The number of aliphatic hydroxyl groups excluding tert-OH is 1. The van der Waals surface area contributed by atoms with E-state index in [-0.39, 0.29) is 11.9 Å². The number of nitrogens with zero attached hydrogens (tertiary/aromatic N) is 1. The van der Waals surface area contributed by atoms with Crippen LogP contribution in [0.5, 0.6) is 0 Å². The number of hydrogen-bond donors (Lipinski definition) is 2. The van der Waals surface area contributed by atoms with Gasteiger partial charge in [-0.3, -0.25) is 0 Å². The van der Waals surface area contributed by atoms with Crippen LogP contribution in [-0.2, 0) is 0 Å². The van der Waals surface area contributed by atoms with Crippen LogP contribution in [0.2, 0.25) is 5.02 Å². The van der Waals surface area contributed by atoms with Gasteiger partial charge in [0.25, 0.3) is 0 Å². The van der Waals surface area contributed by atoms with Crippen LogP contribution in [-0.4, -0.2) is 35.2 Å². The molecular formula is C13H17ClN2O2. The fourth-order valence-corrected chi connectivity index (χ4v) is 2.17. The van der Waals surface area contributed by atoms with Crippen molar-refractivity contribution < 1.29 is 9.90 Å². The second kappa shape index (κ2) is 5.59. The average molecular weight is 269 g/mol. The number of para-hydroxylation sites is 1. The predicted octanol–water partition coefficient (Wildman–Crippen LogP) is 2.57. The maximum atomic E-state index is 12.0. The molecule has 2 atom stereocenters. The normalized spacial score (nSPS) is 23.8. The summed E-state index contributed by atoms with van der Waals surface area (Å²) in [6, 6.07) is 6.89. The molecule has 5 heteroatoms. The Labute approximate surface area is 112 Å². The molecular weight excluding hydrogens is 252 g/mol. The van der Waals surface area contributed by atoms with E-state index in [1.807, 2.05) is 19.1 Å². The summed E-state index contributed by atoms with van der Waals surface area (Å²) in [5, 5.41) is 13.0. The Balaban J connectivity index is 1.99. The van der Waals surface area contributed by atoms with Gasteiger partial charge in [0.15, 0.2) is 0 Å². The zero-order valence-corrected chi connectivity index (χ0v) is 11.0. The molecule has 4 nitrogen and oxygen atoms in total. The van der Waals surface area contributed by atoms with Gasteiger partial charge in [0.1, 0.15) is 0 Å². The fraction of sp³-hybridized carbons (Fsp3) is 0.462. The molecule has 98 valence electrons. The number of rotatable bonds is 1. The summed E-state index contributed by atoms with van der Waals surface area (Å²) in [7, 11) is 0. The summed E-state index contributed by atoms with van der Waals surface area (Å²) in [6.07, 6.45) is 0.368. The van der Waals surface area contributed by atoms with E-state index in [1.54, 1.807) is 17.0 Å². The maximum Gasteiger partial charge on any atom is 0.321 e. The van der Waals surface area contributed by atoms with Crippen molar-refractivity contribution in [3.8, 4) is 0 Å². The lowest BCUT2D eigenvalue weighted by Gasteiger charge is -2.34. The Morgan fingerprint density at radius 3 is 2.89 bits per heavy atom. The van der Waals surface area contributed by atoms with E-state index >= 15 is 0 Å². The van der Waals surface area contributed by atoms with Gasteiger partial charge in [-0.1, -0.05) is 30.7 Å². The number of carbonyl (C=O) groups excluding carboxylic acids is 1. The standard InChI is InChI=1S/C13H17ClN2O2/c1-9-6-7-16(8-12(9)17)13(18)15-11-5-3-2-4-10(11)14/h2-5,9,12,17H,6-8H2,1H3,(H,15,18). The molecule has 2 N–H and O–H groups in total. The molecule has 2 amide bonds. The number of nitrogens with one attached hydrogen (secondary N) is 1. The van der Waals surface area contributed by atoms with Crippen LogP contribution in [0.1, 0.15) is 13.3 Å². The summed E-state index contributed by atoms with van der Waals surface area (Å²) in [4.78, 5) is 13.6. The van der Waals surface area contributed by atoms with Crippen LogP contribution >= 0.6 is 11.6 Å². The molecule has 1 aromatic carbocycles. The highest BCUT2D eigenvalue weighted by Gasteiger charge is 2.27. The number of β-amino-alcohol motifs (C(OH)–C–C–N with tert-alkyl or cyclic N) is 1. The number of anilines is 1. The van der Waals surface area contributed by atoms with Crippen molar-refractivity contribution in [2.24, 2.45) is 5.92 Å². The van der Waals surface area contributed by atoms with Crippen LogP contribution in [0, 0.1) is 5.92 Å². The predicted molar refractivity (Wildman–Crippen MR) is 71.8 cm³/mol. The van der Waals surface area contributed by atoms with Crippen molar-refractivity contribution in [3.05, 3.63) is 29.3 Å². The van der Waals surface area contributed by atoms with Crippen LogP contribution in [0.4, 0.5) is 10.5 Å². The topological polar surface area (TPSA) is 52.6 Å². The number of likely N-dealkylation sites (tertiary alicyclic amines) is 1. The first-order chi connectivity index (χ1) is 8.58. The second-order valence-corrected chi connectivity index (χ2v) is 5.10. The minimum absolute atomic E-state index is 0.214. The summed E-state index contributed by atoms with van der Waals surface area (Å²) >= 11 is 5.98. The zero-order chi connectivity index (χ0) is 13.1. The minimum Gasteiger partial charge on any atom is -0.391 e. The van der Waals surface area contributed by atoms with E-state index in [0.717, 1.165) is 6.42 Å². The SMILES string of the molecule is CC1CCN(C(=O)Nc2ccccc2Cl)CC1O. The van der Waals surface area contributed by atoms with Gasteiger partial charge >= 0.3 is 6.03 Å². The summed E-state index contributed by atoms with van der Waals surface area (Å²) in [5.41, 5.74) is 0.595. The lowest BCUT2D eigenvalue weighted by molar-refractivity contribution is 0.0464. The van der Waals surface area contributed by atoms with Crippen LogP contribution in [0.3, 0.4) is 0 Å². The average Bonchev–Trinajstić information content (AvgIpc) is 2.35. The third-order valence-corrected chi connectivity index (χ3v) is 3.65. The minimum atomic E-state index is -0.448. The summed E-state index contributed by atoms with van der Waals surface area (Å²) in [5.74, 6) is 0.245. The van der Waals surface area contributed by atoms with Crippen molar-refractivity contribution in [2.45, 2.75) is 19.4 Å². The van der Waals surface area contributed by atoms with Crippen LogP contribution in [0.25, 0.3) is 0 Å². The number of halogens is 1. The Hall–Kier alpha value is -1.26. The molecule has 1 aliphatic rings. The molecule has 1 aromatic rings.